The minimum atomic E-state index is -0.695. The zero-order valence-electron chi connectivity index (χ0n) is 17.8. The van der Waals surface area contributed by atoms with E-state index in [2.05, 4.69) is 25.8 Å². The lowest BCUT2D eigenvalue weighted by molar-refractivity contribution is 0.0846. The fraction of sp³-hybridized carbons (Fsp3) is 0.0400. The SMILES string of the molecule is O=C(NNC(=O)c1c[nH]c2ccccc2c1=O)c1ccc(CSc2nc3ccccc3[nH]2)cc1. The van der Waals surface area contributed by atoms with Gasteiger partial charge in [-0.3, -0.25) is 25.2 Å². The van der Waals surface area contributed by atoms with Gasteiger partial charge in [0.05, 0.1) is 11.0 Å². The Kier molecular flexibility index (Phi) is 5.84. The number of aromatic amines is 2. The number of pyridine rings is 1. The molecule has 0 spiro atoms. The number of hydrogen-bond acceptors (Lipinski definition) is 5. The monoisotopic (exact) mass is 469 g/mol. The number of nitrogens with zero attached hydrogens (tertiary/aromatic N) is 1. The average Bonchev–Trinajstić information content (AvgIpc) is 3.30. The molecule has 0 saturated heterocycles. The lowest BCUT2D eigenvalue weighted by Gasteiger charge is -2.08. The van der Waals surface area contributed by atoms with Crippen LogP contribution in [0.4, 0.5) is 0 Å². The van der Waals surface area contributed by atoms with Crippen LogP contribution in [0.3, 0.4) is 0 Å². The van der Waals surface area contributed by atoms with E-state index in [0.29, 0.717) is 22.2 Å². The minimum absolute atomic E-state index is 0.0861. The van der Waals surface area contributed by atoms with Gasteiger partial charge in [0.2, 0.25) is 5.43 Å². The van der Waals surface area contributed by atoms with Crippen LogP contribution in [0, 0.1) is 0 Å². The van der Waals surface area contributed by atoms with Gasteiger partial charge in [-0.25, -0.2) is 4.98 Å². The van der Waals surface area contributed by atoms with Gasteiger partial charge in [0.1, 0.15) is 5.56 Å². The van der Waals surface area contributed by atoms with Crippen LogP contribution in [0.2, 0.25) is 0 Å². The molecule has 2 aromatic heterocycles. The maximum absolute atomic E-state index is 12.5. The quantitative estimate of drug-likeness (QED) is 0.231. The van der Waals surface area contributed by atoms with Crippen LogP contribution < -0.4 is 16.3 Å². The summed E-state index contributed by atoms with van der Waals surface area (Å²) in [5, 5.41) is 1.23. The first kappa shape index (κ1) is 21.5. The third kappa shape index (κ3) is 4.41. The second-order valence-electron chi connectivity index (χ2n) is 7.53. The Morgan fingerprint density at radius 3 is 2.35 bits per heavy atom. The van der Waals surface area contributed by atoms with Crippen LogP contribution in [0.1, 0.15) is 26.3 Å². The smallest absolute Gasteiger partial charge is 0.275 e. The molecule has 5 rings (SSSR count). The van der Waals surface area contributed by atoms with Crippen molar-refractivity contribution in [1.82, 2.24) is 25.8 Å². The number of benzene rings is 3. The van der Waals surface area contributed by atoms with E-state index in [1.54, 1.807) is 48.2 Å². The Morgan fingerprint density at radius 1 is 0.853 bits per heavy atom. The molecular formula is C25H19N5O3S. The van der Waals surface area contributed by atoms with Crippen molar-refractivity contribution >= 4 is 45.5 Å². The topological polar surface area (TPSA) is 120 Å². The Morgan fingerprint density at radius 2 is 1.56 bits per heavy atom. The summed E-state index contributed by atoms with van der Waals surface area (Å²) in [5.74, 6) is -0.496. The fourth-order valence-electron chi connectivity index (χ4n) is 3.49. The van der Waals surface area contributed by atoms with E-state index in [1.165, 1.54) is 6.20 Å². The lowest BCUT2D eigenvalue weighted by Crippen LogP contribution is -2.43. The summed E-state index contributed by atoms with van der Waals surface area (Å²) in [7, 11) is 0. The summed E-state index contributed by atoms with van der Waals surface area (Å²) in [6.07, 6.45) is 1.33. The van der Waals surface area contributed by atoms with Crippen LogP contribution in [0.5, 0.6) is 0 Å². The molecule has 34 heavy (non-hydrogen) atoms. The number of hydrazine groups is 1. The molecule has 0 radical (unpaired) electrons. The van der Waals surface area contributed by atoms with Crippen LogP contribution in [-0.2, 0) is 5.75 Å². The van der Waals surface area contributed by atoms with E-state index in [9.17, 15) is 14.4 Å². The maximum atomic E-state index is 12.5. The zero-order valence-corrected chi connectivity index (χ0v) is 18.6. The number of H-pyrrole nitrogens is 2. The molecule has 5 aromatic rings. The summed E-state index contributed by atoms with van der Waals surface area (Å²) in [5.41, 5.74) is 8.10. The maximum Gasteiger partial charge on any atom is 0.275 e. The van der Waals surface area contributed by atoms with Crippen molar-refractivity contribution in [2.24, 2.45) is 0 Å². The number of fused-ring (bicyclic) bond motifs is 2. The van der Waals surface area contributed by atoms with Crippen molar-refractivity contribution in [2.75, 3.05) is 0 Å². The molecule has 0 atom stereocenters. The van der Waals surface area contributed by atoms with Crippen molar-refractivity contribution in [3.63, 3.8) is 0 Å². The first-order valence-electron chi connectivity index (χ1n) is 10.5. The van der Waals surface area contributed by atoms with E-state index in [-0.39, 0.29) is 5.56 Å². The summed E-state index contributed by atoms with van der Waals surface area (Å²) >= 11 is 1.57. The van der Waals surface area contributed by atoms with Gasteiger partial charge in [0.15, 0.2) is 5.16 Å². The third-order valence-corrected chi connectivity index (χ3v) is 6.23. The summed E-state index contributed by atoms with van der Waals surface area (Å²) in [6, 6.07) is 21.8. The Hall–Kier alpha value is -4.37. The van der Waals surface area contributed by atoms with E-state index >= 15 is 0 Å². The Labute approximate surface area is 197 Å². The largest absolute Gasteiger partial charge is 0.360 e. The molecule has 168 valence electrons. The Bertz CT molecular complexity index is 1540. The molecule has 0 unspecified atom stereocenters. The number of amides is 2. The van der Waals surface area contributed by atoms with Crippen molar-refractivity contribution in [3.8, 4) is 0 Å². The van der Waals surface area contributed by atoms with E-state index < -0.39 is 17.2 Å². The van der Waals surface area contributed by atoms with Crippen LogP contribution in [-0.4, -0.2) is 26.8 Å². The van der Waals surface area contributed by atoms with Gasteiger partial charge < -0.3 is 9.97 Å². The number of carbonyl (C=O) groups excluding carboxylic acids is 2. The van der Waals surface area contributed by atoms with Crippen molar-refractivity contribution in [2.45, 2.75) is 10.9 Å². The second-order valence-corrected chi connectivity index (χ2v) is 8.49. The summed E-state index contributed by atoms with van der Waals surface area (Å²) < 4.78 is 0. The molecular weight excluding hydrogens is 450 g/mol. The Balaban J connectivity index is 1.18. The molecule has 0 saturated carbocycles. The van der Waals surface area contributed by atoms with Gasteiger partial charge >= 0.3 is 0 Å². The molecule has 4 N–H and O–H groups in total. The number of imidazole rings is 1. The van der Waals surface area contributed by atoms with Gasteiger partial charge in [-0.15, -0.1) is 0 Å². The third-order valence-electron chi connectivity index (χ3n) is 5.28. The highest BCUT2D eigenvalue weighted by atomic mass is 32.2. The molecule has 0 fully saturated rings. The van der Waals surface area contributed by atoms with E-state index in [1.807, 2.05) is 36.4 Å². The van der Waals surface area contributed by atoms with Crippen LogP contribution in [0.25, 0.3) is 21.9 Å². The fourth-order valence-corrected chi connectivity index (χ4v) is 4.33. The molecule has 2 heterocycles. The van der Waals surface area contributed by atoms with Gasteiger partial charge in [-0.2, -0.15) is 0 Å². The van der Waals surface area contributed by atoms with Gasteiger partial charge in [-0.05, 0) is 42.0 Å². The molecule has 9 heteroatoms. The molecule has 8 nitrogen and oxygen atoms in total. The number of carbonyl (C=O) groups is 2. The predicted molar refractivity (Wildman–Crippen MR) is 132 cm³/mol. The van der Waals surface area contributed by atoms with Crippen molar-refractivity contribution < 1.29 is 9.59 Å². The molecule has 0 aliphatic heterocycles. The number of hydrogen-bond donors (Lipinski definition) is 4. The highest BCUT2D eigenvalue weighted by molar-refractivity contribution is 7.98. The average molecular weight is 470 g/mol. The first-order valence-corrected chi connectivity index (χ1v) is 11.4. The number of nitrogens with one attached hydrogen (secondary N) is 4. The van der Waals surface area contributed by atoms with Crippen molar-refractivity contribution in [1.29, 1.82) is 0 Å². The number of para-hydroxylation sites is 3. The lowest BCUT2D eigenvalue weighted by atomic mass is 10.1. The number of aromatic nitrogens is 3. The normalized spacial score (nSPS) is 10.9. The molecule has 2 amide bonds. The second kappa shape index (κ2) is 9.24. The van der Waals surface area contributed by atoms with Gasteiger partial charge in [0.25, 0.3) is 11.8 Å². The zero-order chi connectivity index (χ0) is 23.5. The van der Waals surface area contributed by atoms with Gasteiger partial charge in [-0.1, -0.05) is 48.2 Å². The van der Waals surface area contributed by atoms with E-state index in [4.69, 9.17) is 0 Å². The summed E-state index contributed by atoms with van der Waals surface area (Å²) in [4.78, 5) is 48.1. The van der Waals surface area contributed by atoms with Crippen LogP contribution >= 0.6 is 11.8 Å². The highest BCUT2D eigenvalue weighted by Gasteiger charge is 2.14. The highest BCUT2D eigenvalue weighted by Crippen LogP contribution is 2.23. The van der Waals surface area contributed by atoms with Gasteiger partial charge in [0, 0.05) is 28.4 Å². The minimum Gasteiger partial charge on any atom is -0.360 e. The number of thioether (sulfide) groups is 1. The molecule has 0 bridgehead atoms. The molecule has 3 aromatic carbocycles. The van der Waals surface area contributed by atoms with E-state index in [0.717, 1.165) is 21.8 Å². The summed E-state index contributed by atoms with van der Waals surface area (Å²) in [6.45, 7) is 0. The predicted octanol–water partition coefficient (Wildman–Crippen LogP) is 3.77. The molecule has 0 aliphatic carbocycles. The first-order chi connectivity index (χ1) is 16.6. The standard InChI is InChI=1S/C25H19N5O3S/c31-22-17-5-1-2-6-19(17)26-13-18(22)24(33)30-29-23(32)16-11-9-15(10-12-16)14-34-25-27-20-7-3-4-8-21(20)28-25/h1-13H,14H2,(H,26,31)(H,27,28)(H,29,32)(H,30,33). The van der Waals surface area contributed by atoms with Crippen LogP contribution in [0.15, 0.2) is 88.9 Å². The number of rotatable bonds is 5. The molecule has 0 aliphatic rings. The van der Waals surface area contributed by atoms with Crippen molar-refractivity contribution in [3.05, 3.63) is 106 Å².